The van der Waals surface area contributed by atoms with E-state index in [0.29, 0.717) is 37.7 Å². The Kier molecular flexibility index (Phi) is 5.10. The Bertz CT molecular complexity index is 927. The van der Waals surface area contributed by atoms with Gasteiger partial charge in [-0.3, -0.25) is 4.72 Å². The van der Waals surface area contributed by atoms with Crippen molar-refractivity contribution in [2.75, 3.05) is 35.9 Å². The highest BCUT2D eigenvalue weighted by Gasteiger charge is 2.21. The Morgan fingerprint density at radius 1 is 1.15 bits per heavy atom. The lowest BCUT2D eigenvalue weighted by Gasteiger charge is -2.30. The highest BCUT2D eigenvalue weighted by molar-refractivity contribution is 7.92. The van der Waals surface area contributed by atoms with Crippen LogP contribution in [0.1, 0.15) is 10.4 Å². The van der Waals surface area contributed by atoms with Crippen molar-refractivity contribution in [1.82, 2.24) is 0 Å². The lowest BCUT2D eigenvalue weighted by molar-refractivity contribution is -0.255. The van der Waals surface area contributed by atoms with Crippen LogP contribution in [0, 0.1) is 5.82 Å². The van der Waals surface area contributed by atoms with Gasteiger partial charge in [-0.05, 0) is 30.3 Å². The number of carbonyl (C=O) groups excluding carboxylic acids is 1. The molecule has 0 radical (unpaired) electrons. The summed E-state index contributed by atoms with van der Waals surface area (Å²) in [6.45, 7) is 2.30. The first-order valence-corrected chi connectivity index (χ1v) is 9.32. The number of halogens is 1. The number of aromatic carboxylic acids is 1. The number of ether oxygens (including phenoxy) is 1. The number of hydrogen-bond acceptors (Lipinski definition) is 6. The first-order chi connectivity index (χ1) is 12.4. The van der Waals surface area contributed by atoms with Crippen molar-refractivity contribution in [1.29, 1.82) is 0 Å². The molecule has 1 N–H and O–H groups in total. The normalized spacial score (nSPS) is 14.9. The average Bonchev–Trinajstić information content (AvgIpc) is 2.62. The summed E-state index contributed by atoms with van der Waals surface area (Å²) < 4.78 is 46.5. The van der Waals surface area contributed by atoms with Gasteiger partial charge in [-0.2, -0.15) is 0 Å². The summed E-state index contributed by atoms with van der Waals surface area (Å²) in [5.74, 6) is -2.84. The fourth-order valence-corrected chi connectivity index (χ4v) is 3.77. The standard InChI is InChI=1S/C17H17FN2O5S/c18-14-6-5-12(11-13(14)17(21)22)26(23,24)19-15-3-1-2-4-16(15)20-7-9-25-10-8-20/h1-6,11,19H,7-10H2,(H,21,22)/p-1. The summed E-state index contributed by atoms with van der Waals surface area (Å²) >= 11 is 0. The fraction of sp³-hybridized carbons (Fsp3) is 0.235. The van der Waals surface area contributed by atoms with Crippen LogP contribution in [0.5, 0.6) is 0 Å². The number of para-hydroxylation sites is 2. The second-order valence-corrected chi connectivity index (χ2v) is 7.33. The van der Waals surface area contributed by atoms with Gasteiger partial charge in [0.2, 0.25) is 0 Å². The van der Waals surface area contributed by atoms with E-state index in [9.17, 15) is 22.7 Å². The minimum absolute atomic E-state index is 0.341. The van der Waals surface area contributed by atoms with Crippen LogP contribution in [0.4, 0.5) is 15.8 Å². The summed E-state index contributed by atoms with van der Waals surface area (Å²) in [6, 6.07) is 9.37. The van der Waals surface area contributed by atoms with Crippen molar-refractivity contribution < 1.29 is 27.4 Å². The average molecular weight is 379 g/mol. The van der Waals surface area contributed by atoms with E-state index in [-0.39, 0.29) is 4.90 Å². The molecule has 1 saturated heterocycles. The summed E-state index contributed by atoms with van der Waals surface area (Å²) in [5.41, 5.74) is 0.213. The van der Waals surface area contributed by atoms with E-state index < -0.39 is 27.4 Å². The van der Waals surface area contributed by atoms with Crippen LogP contribution in [0.3, 0.4) is 0 Å². The second-order valence-electron chi connectivity index (χ2n) is 5.65. The number of sulfonamides is 1. The van der Waals surface area contributed by atoms with Crippen LogP contribution in [-0.4, -0.2) is 40.7 Å². The molecular formula is C17H16FN2O5S-. The molecule has 138 valence electrons. The molecule has 1 aliphatic heterocycles. The molecule has 9 heteroatoms. The number of nitrogens with one attached hydrogen (secondary N) is 1. The van der Waals surface area contributed by atoms with Gasteiger partial charge >= 0.3 is 0 Å². The van der Waals surface area contributed by atoms with Crippen LogP contribution in [-0.2, 0) is 14.8 Å². The van der Waals surface area contributed by atoms with Crippen LogP contribution < -0.4 is 14.7 Å². The summed E-state index contributed by atoms with van der Waals surface area (Å²) in [7, 11) is -4.11. The van der Waals surface area contributed by atoms with Gasteiger partial charge in [0, 0.05) is 18.7 Å². The highest BCUT2D eigenvalue weighted by Crippen LogP contribution is 2.29. The molecule has 1 fully saturated rings. The molecular weight excluding hydrogens is 363 g/mol. The summed E-state index contributed by atoms with van der Waals surface area (Å²) in [5, 5.41) is 10.9. The Balaban J connectivity index is 1.93. The van der Waals surface area contributed by atoms with E-state index in [1.807, 2.05) is 4.90 Å². The predicted octanol–water partition coefficient (Wildman–Crippen LogP) is 0.827. The molecule has 0 saturated carbocycles. The van der Waals surface area contributed by atoms with E-state index >= 15 is 0 Å². The van der Waals surface area contributed by atoms with Crippen molar-refractivity contribution in [2.24, 2.45) is 0 Å². The SMILES string of the molecule is O=C([O-])c1cc(S(=O)(=O)Nc2ccccc2N2CCOCC2)ccc1F. The van der Waals surface area contributed by atoms with Gasteiger partial charge in [0.05, 0.1) is 35.5 Å². The monoisotopic (exact) mass is 379 g/mol. The van der Waals surface area contributed by atoms with E-state index in [1.165, 1.54) is 0 Å². The Morgan fingerprint density at radius 2 is 1.85 bits per heavy atom. The number of morpholine rings is 1. The van der Waals surface area contributed by atoms with Gasteiger partial charge in [-0.1, -0.05) is 12.1 Å². The van der Waals surface area contributed by atoms with E-state index in [2.05, 4.69) is 4.72 Å². The van der Waals surface area contributed by atoms with E-state index in [0.717, 1.165) is 18.2 Å². The Morgan fingerprint density at radius 3 is 2.54 bits per heavy atom. The number of benzene rings is 2. The third-order valence-corrected chi connectivity index (χ3v) is 5.33. The minimum Gasteiger partial charge on any atom is -0.545 e. The van der Waals surface area contributed by atoms with Gasteiger partial charge in [0.15, 0.2) is 0 Å². The zero-order valence-electron chi connectivity index (χ0n) is 13.6. The molecule has 3 rings (SSSR count). The van der Waals surface area contributed by atoms with Gasteiger partial charge in [-0.25, -0.2) is 12.8 Å². The van der Waals surface area contributed by atoms with Crippen molar-refractivity contribution >= 4 is 27.4 Å². The molecule has 0 amide bonds. The fourth-order valence-electron chi connectivity index (χ4n) is 2.67. The molecule has 0 aliphatic carbocycles. The number of anilines is 2. The molecule has 0 atom stereocenters. The molecule has 1 heterocycles. The second kappa shape index (κ2) is 7.30. The molecule has 0 unspecified atom stereocenters. The number of carboxylic acids is 1. The maximum absolute atomic E-state index is 13.5. The summed E-state index contributed by atoms with van der Waals surface area (Å²) in [4.78, 5) is 12.6. The third-order valence-electron chi connectivity index (χ3n) is 3.97. The number of nitrogens with zero attached hydrogens (tertiary/aromatic N) is 1. The summed E-state index contributed by atoms with van der Waals surface area (Å²) in [6.07, 6.45) is 0. The zero-order chi connectivity index (χ0) is 18.7. The lowest BCUT2D eigenvalue weighted by atomic mass is 10.2. The number of carboxylic acid groups (broad SMARTS) is 1. The zero-order valence-corrected chi connectivity index (χ0v) is 14.5. The molecule has 2 aromatic rings. The topological polar surface area (TPSA) is 98.8 Å². The highest BCUT2D eigenvalue weighted by atomic mass is 32.2. The molecule has 7 nitrogen and oxygen atoms in total. The van der Waals surface area contributed by atoms with E-state index in [1.54, 1.807) is 24.3 Å². The van der Waals surface area contributed by atoms with Crippen LogP contribution in [0.25, 0.3) is 0 Å². The van der Waals surface area contributed by atoms with Gasteiger partial charge in [0.1, 0.15) is 5.82 Å². The molecule has 0 spiro atoms. The molecule has 2 aromatic carbocycles. The molecule has 26 heavy (non-hydrogen) atoms. The van der Waals surface area contributed by atoms with Gasteiger partial charge in [-0.15, -0.1) is 0 Å². The smallest absolute Gasteiger partial charge is 0.261 e. The Hall–Kier alpha value is -2.65. The predicted molar refractivity (Wildman–Crippen MR) is 91.0 cm³/mol. The third kappa shape index (κ3) is 3.78. The largest absolute Gasteiger partial charge is 0.545 e. The Labute approximate surface area is 150 Å². The minimum atomic E-state index is -4.11. The van der Waals surface area contributed by atoms with Crippen molar-refractivity contribution in [2.45, 2.75) is 4.90 Å². The van der Waals surface area contributed by atoms with Crippen molar-refractivity contribution in [3.8, 4) is 0 Å². The van der Waals surface area contributed by atoms with Crippen molar-refractivity contribution in [3.05, 3.63) is 53.8 Å². The first kappa shape index (κ1) is 18.2. The van der Waals surface area contributed by atoms with Crippen molar-refractivity contribution in [3.63, 3.8) is 0 Å². The van der Waals surface area contributed by atoms with Crippen LogP contribution in [0.2, 0.25) is 0 Å². The molecule has 0 aromatic heterocycles. The number of rotatable bonds is 5. The van der Waals surface area contributed by atoms with E-state index in [4.69, 9.17) is 4.74 Å². The van der Waals surface area contributed by atoms with Gasteiger partial charge in [0.25, 0.3) is 10.0 Å². The van der Waals surface area contributed by atoms with Crippen LogP contribution in [0.15, 0.2) is 47.4 Å². The maximum atomic E-state index is 13.5. The lowest BCUT2D eigenvalue weighted by Crippen LogP contribution is -2.36. The quantitative estimate of drug-likeness (QED) is 0.826. The molecule has 1 aliphatic rings. The van der Waals surface area contributed by atoms with Crippen LogP contribution >= 0.6 is 0 Å². The van der Waals surface area contributed by atoms with Gasteiger partial charge < -0.3 is 19.5 Å². The number of carbonyl (C=O) groups is 1. The first-order valence-electron chi connectivity index (χ1n) is 7.84. The number of hydrogen-bond donors (Lipinski definition) is 1. The molecule has 0 bridgehead atoms. The maximum Gasteiger partial charge on any atom is 0.261 e.